The minimum atomic E-state index is -0.844. The summed E-state index contributed by atoms with van der Waals surface area (Å²) in [5, 5.41) is 14.4. The summed E-state index contributed by atoms with van der Waals surface area (Å²) < 4.78 is 0.949. The Morgan fingerprint density at radius 2 is 1.90 bits per heavy atom. The van der Waals surface area contributed by atoms with Gasteiger partial charge < -0.3 is 5.11 Å². The van der Waals surface area contributed by atoms with Gasteiger partial charge in [-0.1, -0.05) is 29.8 Å². The molecule has 0 spiro atoms. The molecule has 1 amide bonds. The summed E-state index contributed by atoms with van der Waals surface area (Å²) in [5.41, 5.74) is 2.79. The number of carbonyl (C=O) groups is 1. The first-order chi connectivity index (χ1) is 13.8. The van der Waals surface area contributed by atoms with E-state index in [4.69, 9.17) is 11.6 Å². The average molecular weight is 413 g/mol. The van der Waals surface area contributed by atoms with Gasteiger partial charge in [-0.3, -0.25) is 14.6 Å². The van der Waals surface area contributed by atoms with E-state index in [1.807, 2.05) is 13.8 Å². The highest BCUT2D eigenvalue weighted by molar-refractivity contribution is 6.33. The molecule has 3 rings (SSSR count). The van der Waals surface area contributed by atoms with E-state index in [1.165, 1.54) is 6.07 Å². The largest absolute Gasteiger partial charge is 0.493 e. The van der Waals surface area contributed by atoms with Gasteiger partial charge in [0, 0.05) is 0 Å². The first-order valence-electron chi connectivity index (χ1n) is 8.53. The standard InChI is InChI=1S/C20H17ClN4O4/c1-11-7-8-13(9-12(11)2)25-19(28)15(17(26)23-20(25)29)10-22-24-18(27)14-5-3-4-6-16(14)21/h3-10,28H,1-2H3,(H,24,27)(H,23,26,29). The van der Waals surface area contributed by atoms with Crippen molar-refractivity contribution in [2.45, 2.75) is 13.8 Å². The Balaban J connectivity index is 1.96. The van der Waals surface area contributed by atoms with Crippen molar-refractivity contribution < 1.29 is 9.90 Å². The van der Waals surface area contributed by atoms with Gasteiger partial charge in [-0.2, -0.15) is 5.10 Å². The summed E-state index contributed by atoms with van der Waals surface area (Å²) in [6.45, 7) is 3.77. The van der Waals surface area contributed by atoms with E-state index in [1.54, 1.807) is 36.4 Å². The van der Waals surface area contributed by atoms with Crippen LogP contribution in [0.15, 0.2) is 57.2 Å². The number of nitrogens with zero attached hydrogens (tertiary/aromatic N) is 2. The van der Waals surface area contributed by atoms with Crippen LogP contribution in [0.1, 0.15) is 27.0 Å². The molecule has 2 aromatic carbocycles. The second-order valence-corrected chi connectivity index (χ2v) is 6.69. The maximum absolute atomic E-state index is 12.2. The van der Waals surface area contributed by atoms with Crippen LogP contribution in [-0.4, -0.2) is 26.8 Å². The van der Waals surface area contributed by atoms with Gasteiger partial charge in [0.1, 0.15) is 5.56 Å². The van der Waals surface area contributed by atoms with E-state index in [0.29, 0.717) is 5.69 Å². The first-order valence-corrected chi connectivity index (χ1v) is 8.91. The van der Waals surface area contributed by atoms with Crippen LogP contribution in [0.4, 0.5) is 0 Å². The van der Waals surface area contributed by atoms with Crippen molar-refractivity contribution in [3.05, 3.63) is 90.6 Å². The van der Waals surface area contributed by atoms with Crippen LogP contribution in [0, 0.1) is 13.8 Å². The van der Waals surface area contributed by atoms with E-state index >= 15 is 0 Å². The summed E-state index contributed by atoms with van der Waals surface area (Å²) in [6, 6.07) is 11.5. The van der Waals surface area contributed by atoms with Crippen molar-refractivity contribution in [1.82, 2.24) is 15.0 Å². The van der Waals surface area contributed by atoms with Gasteiger partial charge in [0.05, 0.1) is 22.5 Å². The molecule has 29 heavy (non-hydrogen) atoms. The van der Waals surface area contributed by atoms with Crippen molar-refractivity contribution in [3.8, 4) is 11.6 Å². The number of aromatic hydroxyl groups is 1. The Labute approximate surface area is 170 Å². The lowest BCUT2D eigenvalue weighted by molar-refractivity contribution is 0.0955. The fraction of sp³-hybridized carbons (Fsp3) is 0.100. The second kappa shape index (κ2) is 8.15. The van der Waals surface area contributed by atoms with E-state index in [-0.39, 0.29) is 16.1 Å². The van der Waals surface area contributed by atoms with Crippen LogP contribution in [0.25, 0.3) is 5.69 Å². The molecule has 0 unspecified atom stereocenters. The highest BCUT2D eigenvalue weighted by atomic mass is 35.5. The highest BCUT2D eigenvalue weighted by Gasteiger charge is 2.15. The van der Waals surface area contributed by atoms with Crippen LogP contribution in [0.5, 0.6) is 5.88 Å². The van der Waals surface area contributed by atoms with Crippen molar-refractivity contribution in [2.24, 2.45) is 5.10 Å². The van der Waals surface area contributed by atoms with Crippen molar-refractivity contribution in [2.75, 3.05) is 0 Å². The van der Waals surface area contributed by atoms with Gasteiger partial charge in [0.25, 0.3) is 11.5 Å². The quantitative estimate of drug-likeness (QED) is 0.450. The van der Waals surface area contributed by atoms with Crippen LogP contribution in [0.3, 0.4) is 0 Å². The molecule has 0 fully saturated rings. The number of hydrogen-bond acceptors (Lipinski definition) is 5. The fourth-order valence-corrected chi connectivity index (χ4v) is 2.84. The SMILES string of the molecule is Cc1ccc(-n2c(O)c(C=NNC(=O)c3ccccc3Cl)c(=O)[nH]c2=O)cc1C. The molecule has 0 aliphatic heterocycles. The lowest BCUT2D eigenvalue weighted by atomic mass is 10.1. The maximum Gasteiger partial charge on any atom is 0.335 e. The zero-order valence-electron chi connectivity index (χ0n) is 15.6. The minimum Gasteiger partial charge on any atom is -0.493 e. The third-order valence-electron chi connectivity index (χ3n) is 4.35. The third-order valence-corrected chi connectivity index (χ3v) is 4.68. The maximum atomic E-state index is 12.2. The number of carbonyl (C=O) groups excluding carboxylic acids is 1. The molecule has 8 nitrogen and oxygen atoms in total. The zero-order chi connectivity index (χ0) is 21.1. The Kier molecular flexibility index (Phi) is 5.65. The predicted molar refractivity (Wildman–Crippen MR) is 110 cm³/mol. The number of aromatic amines is 1. The fourth-order valence-electron chi connectivity index (χ4n) is 2.62. The van der Waals surface area contributed by atoms with Gasteiger partial charge in [-0.05, 0) is 49.2 Å². The highest BCUT2D eigenvalue weighted by Crippen LogP contribution is 2.18. The molecule has 0 saturated carbocycles. The Hall–Kier alpha value is -3.65. The molecule has 1 aromatic heterocycles. The number of aromatic nitrogens is 2. The molecule has 0 aliphatic carbocycles. The summed E-state index contributed by atoms with van der Waals surface area (Å²) in [7, 11) is 0. The molecule has 9 heteroatoms. The van der Waals surface area contributed by atoms with E-state index < -0.39 is 23.0 Å². The van der Waals surface area contributed by atoms with E-state index in [9.17, 15) is 19.5 Å². The Morgan fingerprint density at radius 3 is 2.59 bits per heavy atom. The van der Waals surface area contributed by atoms with E-state index in [2.05, 4.69) is 15.5 Å². The molecular formula is C20H17ClN4O4. The molecule has 0 atom stereocenters. The Bertz CT molecular complexity index is 1240. The third kappa shape index (κ3) is 4.12. The molecule has 3 aromatic rings. The van der Waals surface area contributed by atoms with Crippen LogP contribution < -0.4 is 16.7 Å². The summed E-state index contributed by atoms with van der Waals surface area (Å²) in [4.78, 5) is 38.6. The monoisotopic (exact) mass is 412 g/mol. The zero-order valence-corrected chi connectivity index (χ0v) is 16.3. The van der Waals surface area contributed by atoms with E-state index in [0.717, 1.165) is 21.9 Å². The average Bonchev–Trinajstić information content (AvgIpc) is 2.67. The molecule has 1 heterocycles. The Morgan fingerprint density at radius 1 is 1.17 bits per heavy atom. The number of rotatable bonds is 4. The molecular weight excluding hydrogens is 396 g/mol. The number of halogens is 1. The van der Waals surface area contributed by atoms with Crippen LogP contribution in [0.2, 0.25) is 5.02 Å². The molecule has 0 saturated heterocycles. The number of hydrogen-bond donors (Lipinski definition) is 3. The van der Waals surface area contributed by atoms with Crippen molar-refractivity contribution in [1.29, 1.82) is 0 Å². The molecule has 0 bridgehead atoms. The lowest BCUT2D eigenvalue weighted by Crippen LogP contribution is -2.31. The number of benzene rings is 2. The first kappa shape index (κ1) is 20.1. The van der Waals surface area contributed by atoms with Gasteiger partial charge in [-0.25, -0.2) is 14.8 Å². The predicted octanol–water partition coefficient (Wildman–Crippen LogP) is 2.27. The normalized spacial score (nSPS) is 11.0. The van der Waals surface area contributed by atoms with Crippen molar-refractivity contribution >= 4 is 23.7 Å². The number of H-pyrrole nitrogens is 1. The number of nitrogens with one attached hydrogen (secondary N) is 2. The lowest BCUT2D eigenvalue weighted by Gasteiger charge is -2.11. The summed E-state index contributed by atoms with van der Waals surface area (Å²) in [6.07, 6.45) is 0.958. The molecule has 3 N–H and O–H groups in total. The smallest absolute Gasteiger partial charge is 0.335 e. The van der Waals surface area contributed by atoms with Gasteiger partial charge in [-0.15, -0.1) is 0 Å². The number of aryl methyl sites for hydroxylation is 2. The van der Waals surface area contributed by atoms with Crippen LogP contribution >= 0.6 is 11.6 Å². The molecule has 148 valence electrons. The molecule has 0 radical (unpaired) electrons. The second-order valence-electron chi connectivity index (χ2n) is 6.28. The number of amides is 1. The van der Waals surface area contributed by atoms with Gasteiger partial charge in [0.15, 0.2) is 0 Å². The summed E-state index contributed by atoms with van der Waals surface area (Å²) >= 11 is 5.95. The van der Waals surface area contributed by atoms with Gasteiger partial charge in [0.2, 0.25) is 5.88 Å². The summed E-state index contributed by atoms with van der Waals surface area (Å²) in [5.74, 6) is -1.19. The topological polar surface area (TPSA) is 117 Å². The molecule has 0 aliphatic rings. The van der Waals surface area contributed by atoms with Crippen LogP contribution in [-0.2, 0) is 0 Å². The number of hydrazone groups is 1. The van der Waals surface area contributed by atoms with Gasteiger partial charge >= 0.3 is 5.69 Å². The van der Waals surface area contributed by atoms with Crippen molar-refractivity contribution in [3.63, 3.8) is 0 Å². The minimum absolute atomic E-state index is 0.199.